The zero-order valence-corrected chi connectivity index (χ0v) is 14.6. The Bertz CT molecular complexity index is 755. The van der Waals surface area contributed by atoms with Gasteiger partial charge in [-0.05, 0) is 43.7 Å². The molecule has 0 saturated carbocycles. The Morgan fingerprint density at radius 3 is 2.12 bits per heavy atom. The molecule has 0 amide bonds. The molecule has 1 N–H and O–H groups in total. The molecule has 0 heterocycles. The molecule has 2 rings (SSSR count). The molecule has 25 heavy (non-hydrogen) atoms. The standard InChI is InChI=1S/C18H18F3NO2S/c1-12-3-9-16(10-4-12)25(24)22-17(11-13(2)23)14-5-7-15(8-6-14)18(19,20)21/h3-10,17,22H,11H2,1-2H3/t17-,25+/m1/s1. The lowest BCUT2D eigenvalue weighted by Gasteiger charge is -2.18. The minimum absolute atomic E-state index is 0.0307. The van der Waals surface area contributed by atoms with Crippen LogP contribution in [-0.4, -0.2) is 9.99 Å². The van der Waals surface area contributed by atoms with Gasteiger partial charge < -0.3 is 0 Å². The van der Waals surface area contributed by atoms with Crippen LogP contribution in [0, 0.1) is 6.92 Å². The van der Waals surface area contributed by atoms with Crippen molar-refractivity contribution in [3.63, 3.8) is 0 Å². The topological polar surface area (TPSA) is 46.2 Å². The van der Waals surface area contributed by atoms with Crippen LogP contribution in [0.4, 0.5) is 13.2 Å². The van der Waals surface area contributed by atoms with Crippen molar-refractivity contribution < 1.29 is 22.2 Å². The number of carbonyl (C=O) groups excluding carboxylic acids is 1. The second-order valence-corrected chi connectivity index (χ2v) is 7.02. The summed E-state index contributed by atoms with van der Waals surface area (Å²) in [5.74, 6) is -0.154. The fraction of sp³-hybridized carbons (Fsp3) is 0.278. The van der Waals surface area contributed by atoms with E-state index in [1.165, 1.54) is 19.1 Å². The molecule has 0 aliphatic heterocycles. The van der Waals surface area contributed by atoms with Crippen molar-refractivity contribution in [2.45, 2.75) is 37.4 Å². The summed E-state index contributed by atoms with van der Waals surface area (Å²) in [7, 11) is -1.59. The first-order valence-corrected chi connectivity index (χ1v) is 8.73. The van der Waals surface area contributed by atoms with E-state index in [0.29, 0.717) is 10.5 Å². The third-order valence-corrected chi connectivity index (χ3v) is 4.82. The van der Waals surface area contributed by atoms with E-state index in [9.17, 15) is 22.2 Å². The van der Waals surface area contributed by atoms with Crippen molar-refractivity contribution in [1.29, 1.82) is 0 Å². The quantitative estimate of drug-likeness (QED) is 0.823. The van der Waals surface area contributed by atoms with Crippen molar-refractivity contribution in [2.24, 2.45) is 0 Å². The number of hydrogen-bond donors (Lipinski definition) is 1. The van der Waals surface area contributed by atoms with Crippen LogP contribution in [0.15, 0.2) is 53.4 Å². The minimum Gasteiger partial charge on any atom is -0.300 e. The molecular formula is C18H18F3NO2S. The molecule has 0 aromatic heterocycles. The molecule has 0 aliphatic rings. The van der Waals surface area contributed by atoms with Crippen molar-refractivity contribution in [1.82, 2.24) is 4.72 Å². The van der Waals surface area contributed by atoms with Gasteiger partial charge in [-0.15, -0.1) is 0 Å². The number of carbonyl (C=O) groups is 1. The molecule has 0 spiro atoms. The Morgan fingerprint density at radius 2 is 1.64 bits per heavy atom. The van der Waals surface area contributed by atoms with Crippen LogP contribution in [0.25, 0.3) is 0 Å². The average Bonchev–Trinajstić information content (AvgIpc) is 2.53. The summed E-state index contributed by atoms with van der Waals surface area (Å²) in [6, 6.07) is 10.9. The van der Waals surface area contributed by atoms with Crippen LogP contribution in [0.1, 0.15) is 36.1 Å². The van der Waals surface area contributed by atoms with Gasteiger partial charge in [0, 0.05) is 6.42 Å². The maximum absolute atomic E-state index is 12.7. The van der Waals surface area contributed by atoms with Crippen molar-refractivity contribution in [3.05, 3.63) is 65.2 Å². The number of aryl methyl sites for hydroxylation is 1. The Morgan fingerprint density at radius 1 is 1.08 bits per heavy atom. The molecule has 0 aliphatic carbocycles. The van der Waals surface area contributed by atoms with Gasteiger partial charge in [0.05, 0.1) is 16.5 Å². The van der Waals surface area contributed by atoms with Crippen LogP contribution in [0.2, 0.25) is 0 Å². The smallest absolute Gasteiger partial charge is 0.300 e. The van der Waals surface area contributed by atoms with Crippen LogP contribution in [0.3, 0.4) is 0 Å². The Kier molecular flexibility index (Phi) is 6.13. The summed E-state index contributed by atoms with van der Waals surface area (Å²) in [4.78, 5) is 12.0. The van der Waals surface area contributed by atoms with Crippen LogP contribution in [-0.2, 0) is 22.0 Å². The molecule has 0 radical (unpaired) electrons. The molecule has 7 heteroatoms. The number of hydrogen-bond acceptors (Lipinski definition) is 2. The number of Topliss-reactive ketones (excluding diaryl/α,β-unsaturated/α-hetero) is 1. The second kappa shape index (κ2) is 7.93. The van der Waals surface area contributed by atoms with E-state index in [4.69, 9.17) is 0 Å². The molecule has 3 nitrogen and oxygen atoms in total. The zero-order valence-electron chi connectivity index (χ0n) is 13.8. The Hall–Kier alpha value is -1.99. The van der Waals surface area contributed by atoms with E-state index in [2.05, 4.69) is 4.72 Å². The normalized spacial score (nSPS) is 14.1. The van der Waals surface area contributed by atoms with Crippen molar-refractivity contribution in [3.8, 4) is 0 Å². The van der Waals surface area contributed by atoms with Crippen LogP contribution >= 0.6 is 0 Å². The van der Waals surface area contributed by atoms with Gasteiger partial charge in [-0.3, -0.25) is 4.79 Å². The summed E-state index contributed by atoms with van der Waals surface area (Å²) < 4.78 is 53.3. The summed E-state index contributed by atoms with van der Waals surface area (Å²) in [5, 5.41) is 0. The van der Waals surface area contributed by atoms with Gasteiger partial charge in [-0.2, -0.15) is 13.2 Å². The fourth-order valence-electron chi connectivity index (χ4n) is 2.28. The first-order valence-electron chi connectivity index (χ1n) is 7.58. The van der Waals surface area contributed by atoms with Crippen molar-refractivity contribution in [2.75, 3.05) is 0 Å². The maximum atomic E-state index is 12.7. The number of benzene rings is 2. The molecular weight excluding hydrogens is 351 g/mol. The monoisotopic (exact) mass is 369 g/mol. The third kappa shape index (κ3) is 5.51. The highest BCUT2D eigenvalue weighted by Crippen LogP contribution is 2.30. The lowest BCUT2D eigenvalue weighted by Crippen LogP contribution is -2.25. The molecule has 0 bridgehead atoms. The van der Waals surface area contributed by atoms with Gasteiger partial charge >= 0.3 is 6.18 Å². The maximum Gasteiger partial charge on any atom is 0.416 e. The zero-order chi connectivity index (χ0) is 18.6. The van der Waals surface area contributed by atoms with Gasteiger partial charge in [0.1, 0.15) is 16.8 Å². The van der Waals surface area contributed by atoms with Gasteiger partial charge in [-0.1, -0.05) is 29.8 Å². The summed E-state index contributed by atoms with van der Waals surface area (Å²) in [6.07, 6.45) is -4.39. The van der Waals surface area contributed by atoms with Crippen LogP contribution in [0.5, 0.6) is 0 Å². The number of nitrogens with one attached hydrogen (secondary N) is 1. The van der Waals surface area contributed by atoms with E-state index in [-0.39, 0.29) is 12.2 Å². The van der Waals surface area contributed by atoms with Crippen LogP contribution < -0.4 is 4.72 Å². The van der Waals surface area contributed by atoms with Gasteiger partial charge in [0.25, 0.3) is 0 Å². The lowest BCUT2D eigenvalue weighted by atomic mass is 10.0. The predicted octanol–water partition coefficient (Wildman–Crippen LogP) is 4.35. The van der Waals surface area contributed by atoms with Crippen molar-refractivity contribution >= 4 is 16.8 Å². The first-order chi connectivity index (χ1) is 11.7. The second-order valence-electron chi connectivity index (χ2n) is 5.78. The minimum atomic E-state index is -4.42. The lowest BCUT2D eigenvalue weighted by molar-refractivity contribution is -0.137. The molecule has 2 aromatic rings. The van der Waals surface area contributed by atoms with Gasteiger partial charge in [-0.25, -0.2) is 8.93 Å². The van der Waals surface area contributed by atoms with E-state index in [0.717, 1.165) is 17.7 Å². The van der Waals surface area contributed by atoms with E-state index in [1.807, 2.05) is 19.1 Å². The average molecular weight is 369 g/mol. The number of rotatable bonds is 6. The first kappa shape index (κ1) is 19.3. The fourth-order valence-corrected chi connectivity index (χ4v) is 3.28. The van der Waals surface area contributed by atoms with Gasteiger partial charge in [0.2, 0.25) is 0 Å². The highest BCUT2D eigenvalue weighted by Gasteiger charge is 2.30. The Balaban J connectivity index is 2.22. The van der Waals surface area contributed by atoms with Gasteiger partial charge in [0.15, 0.2) is 0 Å². The van der Waals surface area contributed by atoms with E-state index in [1.54, 1.807) is 12.1 Å². The summed E-state index contributed by atoms with van der Waals surface area (Å²) in [5.41, 5.74) is 0.727. The number of halogens is 3. The largest absolute Gasteiger partial charge is 0.416 e. The highest BCUT2D eigenvalue weighted by atomic mass is 32.2. The molecule has 2 atom stereocenters. The Labute approximate surface area is 146 Å². The molecule has 0 fully saturated rings. The molecule has 2 aromatic carbocycles. The number of ketones is 1. The number of alkyl halides is 3. The highest BCUT2D eigenvalue weighted by molar-refractivity contribution is 7.83. The van der Waals surface area contributed by atoms with E-state index < -0.39 is 28.8 Å². The summed E-state index contributed by atoms with van der Waals surface area (Å²) in [6.45, 7) is 3.29. The predicted molar refractivity (Wildman–Crippen MR) is 90.2 cm³/mol. The van der Waals surface area contributed by atoms with E-state index >= 15 is 0 Å². The molecule has 0 saturated heterocycles. The SMILES string of the molecule is CC(=O)C[C@@H](N[S@@](=O)c1ccc(C)cc1)c1ccc(C(F)(F)F)cc1. The third-order valence-electron chi connectivity index (χ3n) is 3.62. The summed E-state index contributed by atoms with van der Waals surface area (Å²) >= 11 is 0. The molecule has 0 unspecified atom stereocenters. The molecule has 134 valence electrons.